The summed E-state index contributed by atoms with van der Waals surface area (Å²) in [5, 5.41) is 2.47. The summed E-state index contributed by atoms with van der Waals surface area (Å²) in [4.78, 5) is 24.9. The average molecular weight is 289 g/mol. The molecule has 0 aliphatic carbocycles. The van der Waals surface area contributed by atoms with Gasteiger partial charge in [0.1, 0.15) is 5.75 Å². The zero-order valence-electron chi connectivity index (χ0n) is 12.4. The highest BCUT2D eigenvalue weighted by Crippen LogP contribution is 2.19. The van der Waals surface area contributed by atoms with Crippen LogP contribution in [0.1, 0.15) is 15.9 Å². The summed E-state index contributed by atoms with van der Waals surface area (Å²) in [7, 11) is 4.61. The number of likely N-dealkylation sites (N-methyl/N-ethyl adjacent to an activating group) is 2. The first-order chi connectivity index (χ1) is 10.0. The van der Waals surface area contributed by atoms with Gasteiger partial charge in [-0.05, 0) is 18.2 Å². The van der Waals surface area contributed by atoms with E-state index in [1.54, 1.807) is 25.2 Å². The third kappa shape index (κ3) is 4.51. The van der Waals surface area contributed by atoms with Gasteiger partial charge in [-0.1, -0.05) is 11.8 Å². The molecule has 3 N–H and O–H groups in total. The van der Waals surface area contributed by atoms with Gasteiger partial charge in [0.2, 0.25) is 5.91 Å². The topological polar surface area (TPSA) is 84.7 Å². The maximum absolute atomic E-state index is 12.3. The number of benzene rings is 1. The largest absolute Gasteiger partial charge is 0.495 e. The summed E-state index contributed by atoms with van der Waals surface area (Å²) >= 11 is 0. The number of carbonyl (C=O) groups excluding carboxylic acids is 2. The Kier molecular flexibility index (Phi) is 6.24. The van der Waals surface area contributed by atoms with Crippen LogP contribution in [-0.2, 0) is 4.79 Å². The number of amides is 2. The van der Waals surface area contributed by atoms with E-state index in [0.717, 1.165) is 0 Å². The molecule has 0 fully saturated rings. The van der Waals surface area contributed by atoms with Crippen LogP contribution in [0.15, 0.2) is 18.2 Å². The number of carbonyl (C=O) groups is 2. The normalized spacial score (nSPS) is 9.33. The van der Waals surface area contributed by atoms with E-state index >= 15 is 0 Å². The van der Waals surface area contributed by atoms with Crippen molar-refractivity contribution in [2.24, 2.45) is 5.73 Å². The highest BCUT2D eigenvalue weighted by atomic mass is 16.5. The average Bonchev–Trinajstić information content (AvgIpc) is 2.51. The summed E-state index contributed by atoms with van der Waals surface area (Å²) in [5.74, 6) is 5.66. The number of hydrogen-bond acceptors (Lipinski definition) is 4. The second-order valence-corrected chi connectivity index (χ2v) is 4.26. The first-order valence-corrected chi connectivity index (χ1v) is 6.36. The third-order valence-electron chi connectivity index (χ3n) is 2.78. The molecule has 6 heteroatoms. The van der Waals surface area contributed by atoms with Crippen LogP contribution in [0.4, 0.5) is 0 Å². The van der Waals surface area contributed by atoms with Crippen LogP contribution in [0.3, 0.4) is 0 Å². The van der Waals surface area contributed by atoms with Gasteiger partial charge >= 0.3 is 0 Å². The van der Waals surface area contributed by atoms with Crippen molar-refractivity contribution in [1.29, 1.82) is 0 Å². The maximum atomic E-state index is 12.3. The molecule has 2 amide bonds. The van der Waals surface area contributed by atoms with Crippen molar-refractivity contribution in [3.63, 3.8) is 0 Å². The molecular formula is C15H19N3O3. The molecule has 1 rings (SSSR count). The molecule has 0 unspecified atom stereocenters. The van der Waals surface area contributed by atoms with Crippen LogP contribution < -0.4 is 15.8 Å². The zero-order valence-corrected chi connectivity index (χ0v) is 12.4. The highest BCUT2D eigenvalue weighted by Gasteiger charge is 2.15. The predicted molar refractivity (Wildman–Crippen MR) is 80.0 cm³/mol. The van der Waals surface area contributed by atoms with E-state index in [0.29, 0.717) is 16.9 Å². The van der Waals surface area contributed by atoms with Crippen molar-refractivity contribution < 1.29 is 14.3 Å². The summed E-state index contributed by atoms with van der Waals surface area (Å²) in [6.45, 7) is 0.211. The zero-order chi connectivity index (χ0) is 15.8. The van der Waals surface area contributed by atoms with Crippen molar-refractivity contribution in [3.8, 4) is 17.6 Å². The van der Waals surface area contributed by atoms with Crippen LogP contribution in [0.2, 0.25) is 0 Å². The lowest BCUT2D eigenvalue weighted by atomic mass is 10.1. The number of rotatable bonds is 4. The van der Waals surface area contributed by atoms with E-state index in [9.17, 15) is 9.59 Å². The Morgan fingerprint density at radius 1 is 1.43 bits per heavy atom. The summed E-state index contributed by atoms with van der Waals surface area (Å²) < 4.78 is 5.19. The predicted octanol–water partition coefficient (Wildman–Crippen LogP) is -0.177. The lowest BCUT2D eigenvalue weighted by molar-refractivity contribution is -0.121. The quantitative estimate of drug-likeness (QED) is 0.753. The number of hydrogen-bond donors (Lipinski definition) is 2. The lowest BCUT2D eigenvalue weighted by Crippen LogP contribution is -2.36. The SMILES string of the molecule is CNC(=O)CN(C)C(=O)c1ccc(OC)c(C#CCN)c1. The van der Waals surface area contributed by atoms with Gasteiger partial charge < -0.3 is 20.7 Å². The number of nitrogens with two attached hydrogens (primary N) is 1. The first kappa shape index (κ1) is 16.5. The second kappa shape index (κ2) is 7.92. The minimum absolute atomic E-state index is 0.00876. The fourth-order valence-electron chi connectivity index (χ4n) is 1.67. The molecule has 0 radical (unpaired) electrons. The maximum Gasteiger partial charge on any atom is 0.254 e. The Balaban J connectivity index is 3.02. The molecule has 0 atom stereocenters. The minimum Gasteiger partial charge on any atom is -0.495 e. The Labute approximate surface area is 124 Å². The van der Waals surface area contributed by atoms with E-state index < -0.39 is 0 Å². The molecule has 0 heterocycles. The van der Waals surface area contributed by atoms with Crippen LogP contribution >= 0.6 is 0 Å². The Hall–Kier alpha value is -2.52. The molecule has 0 saturated heterocycles. The number of nitrogens with zero attached hydrogens (tertiary/aromatic N) is 1. The van der Waals surface area contributed by atoms with E-state index in [2.05, 4.69) is 17.2 Å². The lowest BCUT2D eigenvalue weighted by Gasteiger charge is -2.16. The van der Waals surface area contributed by atoms with Gasteiger partial charge in [-0.25, -0.2) is 0 Å². The van der Waals surface area contributed by atoms with Crippen molar-refractivity contribution in [1.82, 2.24) is 10.2 Å². The fourth-order valence-corrected chi connectivity index (χ4v) is 1.67. The van der Waals surface area contributed by atoms with Gasteiger partial charge in [-0.3, -0.25) is 9.59 Å². The number of nitrogens with one attached hydrogen (secondary N) is 1. The monoisotopic (exact) mass is 289 g/mol. The molecule has 6 nitrogen and oxygen atoms in total. The van der Waals surface area contributed by atoms with Crippen molar-refractivity contribution >= 4 is 11.8 Å². The van der Waals surface area contributed by atoms with Crippen LogP contribution in [0.25, 0.3) is 0 Å². The summed E-state index contributed by atoms with van der Waals surface area (Å²) in [5.41, 5.74) is 6.37. The van der Waals surface area contributed by atoms with Crippen LogP contribution in [0, 0.1) is 11.8 Å². The number of methoxy groups -OCH3 is 1. The van der Waals surface area contributed by atoms with Gasteiger partial charge in [0.15, 0.2) is 0 Å². The van der Waals surface area contributed by atoms with Crippen molar-refractivity contribution in [2.75, 3.05) is 34.3 Å². The molecule has 0 saturated carbocycles. The van der Waals surface area contributed by atoms with E-state index in [-0.39, 0.29) is 24.9 Å². The van der Waals surface area contributed by atoms with Gasteiger partial charge in [-0.2, -0.15) is 0 Å². The highest BCUT2D eigenvalue weighted by molar-refractivity contribution is 5.96. The number of ether oxygens (including phenoxy) is 1. The minimum atomic E-state index is -0.267. The molecule has 0 aliphatic heterocycles. The van der Waals surface area contributed by atoms with E-state index in [4.69, 9.17) is 10.5 Å². The molecule has 1 aromatic carbocycles. The molecule has 21 heavy (non-hydrogen) atoms. The summed E-state index contributed by atoms with van der Waals surface area (Å²) in [6.07, 6.45) is 0. The van der Waals surface area contributed by atoms with Gasteiger partial charge in [0, 0.05) is 19.7 Å². The standard InChI is InChI=1S/C15H19N3O3/c1-17-14(19)10-18(2)15(20)12-6-7-13(21-3)11(9-12)5-4-8-16/h6-7,9H,8,10,16H2,1-3H3,(H,17,19). The molecule has 0 aromatic heterocycles. The van der Waals surface area contributed by atoms with Crippen LogP contribution in [-0.4, -0.2) is 51.0 Å². The molecular weight excluding hydrogens is 270 g/mol. The van der Waals surface area contributed by atoms with E-state index in [1.807, 2.05) is 0 Å². The smallest absolute Gasteiger partial charge is 0.254 e. The molecule has 0 spiro atoms. The molecule has 0 aliphatic rings. The van der Waals surface area contributed by atoms with Gasteiger partial charge in [0.05, 0.1) is 25.8 Å². The van der Waals surface area contributed by atoms with Crippen molar-refractivity contribution in [3.05, 3.63) is 29.3 Å². The van der Waals surface area contributed by atoms with Crippen LogP contribution in [0.5, 0.6) is 5.75 Å². The Bertz CT molecular complexity index is 588. The molecule has 112 valence electrons. The fraction of sp³-hybridized carbons (Fsp3) is 0.333. The van der Waals surface area contributed by atoms with E-state index in [1.165, 1.54) is 19.1 Å². The second-order valence-electron chi connectivity index (χ2n) is 4.26. The van der Waals surface area contributed by atoms with Gasteiger partial charge in [-0.15, -0.1) is 0 Å². The molecule has 0 bridgehead atoms. The summed E-state index contributed by atoms with van der Waals surface area (Å²) in [6, 6.07) is 4.93. The Morgan fingerprint density at radius 3 is 2.71 bits per heavy atom. The molecule has 1 aromatic rings. The Morgan fingerprint density at radius 2 is 2.14 bits per heavy atom. The van der Waals surface area contributed by atoms with Gasteiger partial charge in [0.25, 0.3) is 5.91 Å². The third-order valence-corrected chi connectivity index (χ3v) is 2.78. The first-order valence-electron chi connectivity index (χ1n) is 6.36. The van der Waals surface area contributed by atoms with Crippen molar-refractivity contribution in [2.45, 2.75) is 0 Å².